The van der Waals surface area contributed by atoms with Crippen LogP contribution in [0.1, 0.15) is 28.9 Å². The Kier molecular flexibility index (Phi) is 4.83. The van der Waals surface area contributed by atoms with Crippen molar-refractivity contribution in [2.75, 3.05) is 5.73 Å². The fourth-order valence-electron chi connectivity index (χ4n) is 1.95. The molecule has 5 heteroatoms. The van der Waals surface area contributed by atoms with E-state index >= 15 is 0 Å². The topological polar surface area (TPSA) is 55.1 Å². The number of nitrogens with two attached hydrogens (primary N) is 1. The van der Waals surface area contributed by atoms with Gasteiger partial charge in [-0.2, -0.15) is 0 Å². The number of amides is 1. The molecule has 1 amide bonds. The molecule has 0 aromatic heterocycles. The van der Waals surface area contributed by atoms with E-state index in [-0.39, 0.29) is 11.9 Å². The minimum Gasteiger partial charge on any atom is -0.398 e. The molecule has 2 aromatic carbocycles. The zero-order valence-corrected chi connectivity index (χ0v) is 14.0. The minimum absolute atomic E-state index is 0.136. The molecule has 0 spiro atoms. The van der Waals surface area contributed by atoms with E-state index in [0.717, 1.165) is 14.5 Å². The van der Waals surface area contributed by atoms with Gasteiger partial charge in [0.15, 0.2) is 0 Å². The molecular weight excluding hydrogens is 384 g/mol. The van der Waals surface area contributed by atoms with E-state index in [1.54, 1.807) is 12.1 Å². The van der Waals surface area contributed by atoms with Crippen molar-refractivity contribution in [2.45, 2.75) is 13.0 Å². The molecule has 0 fully saturated rings. The third kappa shape index (κ3) is 3.61. The van der Waals surface area contributed by atoms with Gasteiger partial charge in [-0.25, -0.2) is 0 Å². The number of anilines is 1. The summed E-state index contributed by atoms with van der Waals surface area (Å²) in [4.78, 5) is 12.3. The van der Waals surface area contributed by atoms with E-state index in [4.69, 9.17) is 5.73 Å². The van der Waals surface area contributed by atoms with E-state index in [2.05, 4.69) is 37.2 Å². The molecule has 3 N–H and O–H groups in total. The lowest BCUT2D eigenvalue weighted by Gasteiger charge is -2.16. The molecule has 0 heterocycles. The molecule has 2 rings (SSSR count). The van der Waals surface area contributed by atoms with E-state index in [0.29, 0.717) is 11.3 Å². The van der Waals surface area contributed by atoms with Crippen LogP contribution in [0.4, 0.5) is 5.69 Å². The number of carbonyl (C=O) groups excluding carboxylic acids is 1. The molecule has 104 valence electrons. The van der Waals surface area contributed by atoms with Gasteiger partial charge in [-0.1, -0.05) is 50.1 Å². The van der Waals surface area contributed by atoms with Crippen LogP contribution >= 0.6 is 31.9 Å². The Morgan fingerprint density at radius 3 is 2.35 bits per heavy atom. The number of para-hydroxylation sites is 1. The number of halogens is 2. The molecular formula is C15H14Br2N2O. The van der Waals surface area contributed by atoms with Crippen molar-refractivity contribution in [1.29, 1.82) is 0 Å². The van der Waals surface area contributed by atoms with Gasteiger partial charge in [0, 0.05) is 20.2 Å². The predicted octanol–water partition coefficient (Wildman–Crippen LogP) is 4.28. The second kappa shape index (κ2) is 6.41. The molecule has 0 aliphatic rings. The molecule has 20 heavy (non-hydrogen) atoms. The first kappa shape index (κ1) is 15.1. The van der Waals surface area contributed by atoms with Gasteiger partial charge in [0.2, 0.25) is 0 Å². The Balaban J connectivity index is 2.17. The predicted molar refractivity (Wildman–Crippen MR) is 88.6 cm³/mol. The lowest BCUT2D eigenvalue weighted by molar-refractivity contribution is 0.0940. The molecule has 1 unspecified atom stereocenters. The van der Waals surface area contributed by atoms with Gasteiger partial charge in [0.25, 0.3) is 5.91 Å². The standard InChI is InChI=1S/C15H14Br2N2O/c1-9(13-4-2-3-5-14(13)18)19-15(20)10-6-11(16)8-12(17)7-10/h2-9H,18H2,1H3,(H,19,20). The fraction of sp³-hybridized carbons (Fsp3) is 0.133. The van der Waals surface area contributed by atoms with Gasteiger partial charge in [-0.05, 0) is 36.8 Å². The molecule has 0 radical (unpaired) electrons. The third-order valence-corrected chi connectivity index (χ3v) is 3.85. The summed E-state index contributed by atoms with van der Waals surface area (Å²) in [6, 6.07) is 12.8. The maximum atomic E-state index is 12.3. The van der Waals surface area contributed by atoms with Crippen LogP contribution in [0.2, 0.25) is 0 Å². The van der Waals surface area contributed by atoms with Gasteiger partial charge in [0.1, 0.15) is 0 Å². The summed E-state index contributed by atoms with van der Waals surface area (Å²) >= 11 is 6.75. The molecule has 0 saturated heterocycles. The van der Waals surface area contributed by atoms with Gasteiger partial charge in [-0.3, -0.25) is 4.79 Å². The van der Waals surface area contributed by atoms with E-state index in [1.807, 2.05) is 37.3 Å². The van der Waals surface area contributed by atoms with Crippen LogP contribution in [0.25, 0.3) is 0 Å². The monoisotopic (exact) mass is 396 g/mol. The van der Waals surface area contributed by atoms with Crippen molar-refractivity contribution in [3.05, 3.63) is 62.5 Å². The Hall–Kier alpha value is -1.33. The fourth-order valence-corrected chi connectivity index (χ4v) is 3.24. The SMILES string of the molecule is CC(NC(=O)c1cc(Br)cc(Br)c1)c1ccccc1N. The first-order valence-corrected chi connectivity index (χ1v) is 7.67. The maximum absolute atomic E-state index is 12.3. The lowest BCUT2D eigenvalue weighted by atomic mass is 10.1. The molecule has 0 bridgehead atoms. The average Bonchev–Trinajstić information content (AvgIpc) is 2.37. The number of rotatable bonds is 3. The molecule has 0 saturated carbocycles. The lowest BCUT2D eigenvalue weighted by Crippen LogP contribution is -2.27. The highest BCUT2D eigenvalue weighted by atomic mass is 79.9. The molecule has 0 aliphatic carbocycles. The van der Waals surface area contributed by atoms with Crippen molar-refractivity contribution < 1.29 is 4.79 Å². The van der Waals surface area contributed by atoms with Crippen molar-refractivity contribution in [3.63, 3.8) is 0 Å². The summed E-state index contributed by atoms with van der Waals surface area (Å²) in [6.45, 7) is 1.91. The third-order valence-electron chi connectivity index (χ3n) is 2.93. The Morgan fingerprint density at radius 1 is 1.15 bits per heavy atom. The Bertz CT molecular complexity index is 623. The summed E-state index contributed by atoms with van der Waals surface area (Å²) in [7, 11) is 0. The molecule has 3 nitrogen and oxygen atoms in total. The summed E-state index contributed by atoms with van der Waals surface area (Å²) in [5.41, 5.74) is 8.10. The van der Waals surface area contributed by atoms with Crippen LogP contribution in [0.5, 0.6) is 0 Å². The Labute approximate surface area is 134 Å². The van der Waals surface area contributed by atoms with Crippen molar-refractivity contribution in [1.82, 2.24) is 5.32 Å². The van der Waals surface area contributed by atoms with Gasteiger partial charge < -0.3 is 11.1 Å². The number of carbonyl (C=O) groups is 1. The Morgan fingerprint density at radius 2 is 1.75 bits per heavy atom. The zero-order valence-electron chi connectivity index (χ0n) is 10.9. The van der Waals surface area contributed by atoms with Crippen LogP contribution in [0.3, 0.4) is 0 Å². The molecule has 1 atom stereocenters. The highest BCUT2D eigenvalue weighted by Crippen LogP contribution is 2.22. The highest BCUT2D eigenvalue weighted by Gasteiger charge is 2.14. The average molecular weight is 398 g/mol. The van der Waals surface area contributed by atoms with E-state index in [1.165, 1.54) is 0 Å². The van der Waals surface area contributed by atoms with E-state index in [9.17, 15) is 4.79 Å². The normalized spacial score (nSPS) is 11.9. The highest BCUT2D eigenvalue weighted by molar-refractivity contribution is 9.11. The quantitative estimate of drug-likeness (QED) is 0.759. The van der Waals surface area contributed by atoms with Crippen molar-refractivity contribution in [2.24, 2.45) is 0 Å². The summed E-state index contributed by atoms with van der Waals surface area (Å²) in [5.74, 6) is -0.136. The minimum atomic E-state index is -0.151. The number of benzene rings is 2. The first-order valence-electron chi connectivity index (χ1n) is 6.08. The molecule has 0 aliphatic heterocycles. The number of nitrogen functional groups attached to an aromatic ring is 1. The maximum Gasteiger partial charge on any atom is 0.251 e. The number of hydrogen-bond donors (Lipinski definition) is 2. The van der Waals surface area contributed by atoms with Crippen molar-refractivity contribution in [3.8, 4) is 0 Å². The second-order valence-electron chi connectivity index (χ2n) is 4.48. The summed E-state index contributed by atoms with van der Waals surface area (Å²) < 4.78 is 1.70. The van der Waals surface area contributed by atoms with Crippen LogP contribution < -0.4 is 11.1 Å². The number of nitrogens with one attached hydrogen (secondary N) is 1. The second-order valence-corrected chi connectivity index (χ2v) is 6.31. The summed E-state index contributed by atoms with van der Waals surface area (Å²) in [5, 5.41) is 2.95. The zero-order chi connectivity index (χ0) is 14.7. The van der Waals surface area contributed by atoms with E-state index < -0.39 is 0 Å². The first-order chi connectivity index (χ1) is 9.47. The van der Waals surface area contributed by atoms with Crippen LogP contribution in [-0.4, -0.2) is 5.91 Å². The van der Waals surface area contributed by atoms with Crippen LogP contribution in [0.15, 0.2) is 51.4 Å². The van der Waals surface area contributed by atoms with Gasteiger partial charge in [0.05, 0.1) is 6.04 Å². The van der Waals surface area contributed by atoms with Gasteiger partial charge >= 0.3 is 0 Å². The van der Waals surface area contributed by atoms with Crippen LogP contribution in [0, 0.1) is 0 Å². The van der Waals surface area contributed by atoms with Gasteiger partial charge in [-0.15, -0.1) is 0 Å². The smallest absolute Gasteiger partial charge is 0.251 e. The molecule has 2 aromatic rings. The summed E-state index contributed by atoms with van der Waals surface area (Å²) in [6.07, 6.45) is 0. The largest absolute Gasteiger partial charge is 0.398 e. The number of hydrogen-bond acceptors (Lipinski definition) is 2. The van der Waals surface area contributed by atoms with Crippen LogP contribution in [-0.2, 0) is 0 Å². The van der Waals surface area contributed by atoms with Crippen molar-refractivity contribution >= 4 is 43.5 Å².